The monoisotopic (exact) mass is 339 g/mol. The molecule has 1 fully saturated rings. The Balaban J connectivity index is 1.82. The molecule has 2 aromatic rings. The van der Waals surface area contributed by atoms with Crippen molar-refractivity contribution in [3.05, 3.63) is 70.6 Å². The fourth-order valence-corrected chi connectivity index (χ4v) is 3.85. The first-order valence-corrected chi connectivity index (χ1v) is 8.06. The van der Waals surface area contributed by atoms with Crippen LogP contribution in [0.2, 0.25) is 0 Å². The van der Waals surface area contributed by atoms with Crippen molar-refractivity contribution >= 4 is 51.6 Å². The molecule has 0 spiro atoms. The van der Waals surface area contributed by atoms with Gasteiger partial charge in [-0.15, -0.1) is 0 Å². The standard InChI is InChI=1S/C17H9NO3S2/c19-15-14(13-11-8-4-5-9-12(11)16(20)21-13)23-17(22)18(15)10-6-2-1-3-7-10/h1-9H. The molecule has 0 unspecified atom stereocenters. The van der Waals surface area contributed by atoms with Gasteiger partial charge in [0.2, 0.25) is 0 Å². The molecule has 0 saturated carbocycles. The summed E-state index contributed by atoms with van der Waals surface area (Å²) in [5.41, 5.74) is 1.79. The lowest BCUT2D eigenvalue weighted by Gasteiger charge is -2.13. The van der Waals surface area contributed by atoms with Gasteiger partial charge in [0.25, 0.3) is 5.91 Å². The van der Waals surface area contributed by atoms with Crippen LogP contribution in [0.15, 0.2) is 59.5 Å². The van der Waals surface area contributed by atoms with E-state index < -0.39 is 5.97 Å². The molecule has 2 aliphatic rings. The minimum absolute atomic E-state index is 0.272. The van der Waals surface area contributed by atoms with E-state index in [4.69, 9.17) is 17.0 Å². The highest BCUT2D eigenvalue weighted by molar-refractivity contribution is 8.27. The zero-order chi connectivity index (χ0) is 16.0. The molecule has 4 rings (SSSR count). The van der Waals surface area contributed by atoms with Crippen LogP contribution in [0.3, 0.4) is 0 Å². The normalized spacial score (nSPS) is 20.0. The van der Waals surface area contributed by atoms with Crippen LogP contribution in [-0.4, -0.2) is 16.2 Å². The highest BCUT2D eigenvalue weighted by atomic mass is 32.2. The number of esters is 1. The van der Waals surface area contributed by atoms with Gasteiger partial charge in [0, 0.05) is 5.56 Å². The summed E-state index contributed by atoms with van der Waals surface area (Å²) in [5, 5.41) is 0. The van der Waals surface area contributed by atoms with Crippen molar-refractivity contribution in [2.45, 2.75) is 0 Å². The Morgan fingerprint density at radius 3 is 2.30 bits per heavy atom. The average molecular weight is 339 g/mol. The number of para-hydroxylation sites is 1. The second-order valence-corrected chi connectivity index (χ2v) is 6.58. The van der Waals surface area contributed by atoms with E-state index in [1.807, 2.05) is 30.3 Å². The molecule has 2 aliphatic heterocycles. The van der Waals surface area contributed by atoms with Crippen LogP contribution < -0.4 is 4.90 Å². The number of hydrogen-bond donors (Lipinski definition) is 0. The molecule has 2 heterocycles. The van der Waals surface area contributed by atoms with Gasteiger partial charge in [-0.25, -0.2) is 4.79 Å². The molecule has 1 amide bonds. The molecule has 6 heteroatoms. The van der Waals surface area contributed by atoms with Crippen LogP contribution in [0.5, 0.6) is 0 Å². The van der Waals surface area contributed by atoms with E-state index in [0.29, 0.717) is 31.8 Å². The summed E-state index contributed by atoms with van der Waals surface area (Å²) in [6.45, 7) is 0. The van der Waals surface area contributed by atoms with Gasteiger partial charge in [-0.2, -0.15) is 0 Å². The Morgan fingerprint density at radius 1 is 0.913 bits per heavy atom. The van der Waals surface area contributed by atoms with Crippen LogP contribution in [0.1, 0.15) is 15.9 Å². The van der Waals surface area contributed by atoms with Gasteiger partial charge in [-0.1, -0.05) is 60.4 Å². The first kappa shape index (κ1) is 14.2. The maximum Gasteiger partial charge on any atom is 0.344 e. The van der Waals surface area contributed by atoms with Crippen molar-refractivity contribution in [3.63, 3.8) is 0 Å². The highest BCUT2D eigenvalue weighted by Gasteiger charge is 2.40. The Hall–Kier alpha value is -2.44. The van der Waals surface area contributed by atoms with Crippen LogP contribution in [0.25, 0.3) is 5.76 Å². The van der Waals surface area contributed by atoms with E-state index in [0.717, 1.165) is 11.8 Å². The van der Waals surface area contributed by atoms with Crippen molar-refractivity contribution in [2.75, 3.05) is 4.90 Å². The van der Waals surface area contributed by atoms with Gasteiger partial charge in [0.1, 0.15) is 4.91 Å². The van der Waals surface area contributed by atoms with Crippen LogP contribution in [0.4, 0.5) is 5.69 Å². The molecule has 0 aliphatic carbocycles. The molecule has 2 aromatic carbocycles. The van der Waals surface area contributed by atoms with E-state index in [1.165, 1.54) is 4.90 Å². The molecular weight excluding hydrogens is 330 g/mol. The summed E-state index contributed by atoms with van der Waals surface area (Å²) < 4.78 is 5.75. The fourth-order valence-electron chi connectivity index (χ4n) is 2.53. The zero-order valence-electron chi connectivity index (χ0n) is 11.7. The molecule has 4 nitrogen and oxygen atoms in total. The van der Waals surface area contributed by atoms with Gasteiger partial charge >= 0.3 is 5.97 Å². The zero-order valence-corrected chi connectivity index (χ0v) is 13.3. The number of cyclic esters (lactones) is 1. The lowest BCUT2D eigenvalue weighted by atomic mass is 10.1. The number of nitrogens with zero attached hydrogens (tertiary/aromatic N) is 1. The summed E-state index contributed by atoms with van der Waals surface area (Å²) in [5.74, 6) is -0.423. The lowest BCUT2D eigenvalue weighted by Crippen LogP contribution is -2.27. The molecule has 0 aromatic heterocycles. The number of thioether (sulfide) groups is 1. The maximum absolute atomic E-state index is 12.8. The Morgan fingerprint density at radius 2 is 1.57 bits per heavy atom. The van der Waals surface area contributed by atoms with E-state index >= 15 is 0 Å². The minimum Gasteiger partial charge on any atom is -0.421 e. The molecular formula is C17H9NO3S2. The van der Waals surface area contributed by atoms with Crippen molar-refractivity contribution in [3.8, 4) is 0 Å². The minimum atomic E-state index is -0.444. The van der Waals surface area contributed by atoms with Gasteiger partial charge < -0.3 is 4.74 Å². The molecule has 0 atom stereocenters. The summed E-state index contributed by atoms with van der Waals surface area (Å²) in [4.78, 5) is 26.5. The van der Waals surface area contributed by atoms with Gasteiger partial charge in [0.05, 0.1) is 11.3 Å². The number of ether oxygens (including phenoxy) is 1. The lowest BCUT2D eigenvalue weighted by molar-refractivity contribution is -0.113. The van der Waals surface area contributed by atoms with Gasteiger partial charge in [-0.05, 0) is 18.2 Å². The number of carbonyl (C=O) groups is 2. The highest BCUT2D eigenvalue weighted by Crippen LogP contribution is 2.42. The number of fused-ring (bicyclic) bond motifs is 1. The van der Waals surface area contributed by atoms with Crippen LogP contribution in [0, 0.1) is 0 Å². The number of rotatable bonds is 1. The molecule has 0 N–H and O–H groups in total. The fraction of sp³-hybridized carbons (Fsp3) is 0. The number of thiocarbonyl (C=S) groups is 1. The molecule has 112 valence electrons. The summed E-state index contributed by atoms with van der Waals surface area (Å²) in [7, 11) is 0. The second kappa shape index (κ2) is 5.33. The van der Waals surface area contributed by atoms with E-state index in [2.05, 4.69) is 0 Å². The van der Waals surface area contributed by atoms with Crippen molar-refractivity contribution < 1.29 is 14.3 Å². The summed E-state index contributed by atoms with van der Waals surface area (Å²) in [6, 6.07) is 16.2. The van der Waals surface area contributed by atoms with Crippen molar-refractivity contribution in [1.29, 1.82) is 0 Å². The number of carbonyl (C=O) groups excluding carboxylic acids is 2. The number of anilines is 1. The second-order valence-electron chi connectivity index (χ2n) is 4.94. The first-order valence-electron chi connectivity index (χ1n) is 6.84. The first-order chi connectivity index (χ1) is 11.2. The summed E-state index contributed by atoms with van der Waals surface area (Å²) >= 11 is 6.48. The predicted octanol–water partition coefficient (Wildman–Crippen LogP) is 3.59. The van der Waals surface area contributed by atoms with E-state index in [9.17, 15) is 9.59 Å². The number of benzene rings is 2. The molecule has 1 saturated heterocycles. The van der Waals surface area contributed by atoms with Crippen LogP contribution >= 0.6 is 24.0 Å². The van der Waals surface area contributed by atoms with Gasteiger partial charge in [-0.3, -0.25) is 9.69 Å². The predicted molar refractivity (Wildman–Crippen MR) is 92.9 cm³/mol. The van der Waals surface area contributed by atoms with Gasteiger partial charge in [0.15, 0.2) is 10.1 Å². The third-order valence-corrected chi connectivity index (χ3v) is 4.93. The molecule has 23 heavy (non-hydrogen) atoms. The average Bonchev–Trinajstić information content (AvgIpc) is 3.06. The van der Waals surface area contributed by atoms with Crippen molar-refractivity contribution in [1.82, 2.24) is 0 Å². The van der Waals surface area contributed by atoms with E-state index in [-0.39, 0.29) is 5.91 Å². The summed E-state index contributed by atoms with van der Waals surface area (Å²) in [6.07, 6.45) is 0. The van der Waals surface area contributed by atoms with Crippen molar-refractivity contribution in [2.24, 2.45) is 0 Å². The van der Waals surface area contributed by atoms with E-state index in [1.54, 1.807) is 24.3 Å². The van der Waals surface area contributed by atoms with Crippen LogP contribution in [-0.2, 0) is 9.53 Å². The SMILES string of the molecule is O=C1OC(=C2SC(=S)N(c3ccccc3)C2=O)c2ccccc21. The largest absolute Gasteiger partial charge is 0.421 e. The third-order valence-electron chi connectivity index (χ3n) is 3.58. The topological polar surface area (TPSA) is 46.6 Å². The maximum atomic E-state index is 12.8. The molecule has 0 bridgehead atoms. The number of hydrogen-bond acceptors (Lipinski definition) is 5. The molecule has 0 radical (unpaired) electrons. The Kier molecular flexibility index (Phi) is 3.28. The number of amides is 1. The third kappa shape index (κ3) is 2.18. The quantitative estimate of drug-likeness (QED) is 0.451. The smallest absolute Gasteiger partial charge is 0.344 e. The Labute approximate surface area is 141 Å². The Bertz CT molecular complexity index is 890.